The maximum Gasteiger partial charge on any atom is 0.234 e. The SMILES string of the molecule is CCCn1c(SCC(=O)Nc2cc(OC)c(Cl)cc2OC)nnc1-c1csc2c1CCCC2. The molecular formula is C23H27ClN4O3S2. The van der Waals surface area contributed by atoms with Crippen molar-refractivity contribution in [3.05, 3.63) is 33.0 Å². The third-order valence-corrected chi connectivity index (χ3v) is 7.90. The Hall–Kier alpha value is -2.23. The number of benzene rings is 1. The van der Waals surface area contributed by atoms with E-state index in [2.05, 4.69) is 32.4 Å². The number of fused-ring (bicyclic) bond motifs is 1. The second-order valence-corrected chi connectivity index (χ2v) is 10.1. The van der Waals surface area contributed by atoms with E-state index in [-0.39, 0.29) is 11.7 Å². The van der Waals surface area contributed by atoms with Crippen LogP contribution in [0.15, 0.2) is 22.7 Å². The summed E-state index contributed by atoms with van der Waals surface area (Å²) < 4.78 is 12.7. The summed E-state index contributed by atoms with van der Waals surface area (Å²) in [6.07, 6.45) is 5.69. The number of nitrogens with one attached hydrogen (secondary N) is 1. The Labute approximate surface area is 206 Å². The molecule has 0 aliphatic heterocycles. The largest absolute Gasteiger partial charge is 0.495 e. The number of aromatic nitrogens is 3. The summed E-state index contributed by atoms with van der Waals surface area (Å²) in [5.41, 5.74) is 3.13. The van der Waals surface area contributed by atoms with Crippen LogP contribution in [0.3, 0.4) is 0 Å². The molecular weight excluding hydrogens is 480 g/mol. The molecule has 1 N–H and O–H groups in total. The molecule has 4 rings (SSSR count). The first-order valence-corrected chi connectivity index (χ1v) is 13.2. The van der Waals surface area contributed by atoms with Gasteiger partial charge in [0.05, 0.1) is 30.7 Å². The summed E-state index contributed by atoms with van der Waals surface area (Å²) in [5.74, 6) is 1.86. The molecule has 1 aliphatic rings. The van der Waals surface area contributed by atoms with Crippen LogP contribution in [0.4, 0.5) is 5.69 Å². The van der Waals surface area contributed by atoms with Crippen molar-refractivity contribution in [2.45, 2.75) is 50.7 Å². The molecule has 0 saturated carbocycles. The fraction of sp³-hybridized carbons (Fsp3) is 0.435. The van der Waals surface area contributed by atoms with Gasteiger partial charge in [-0.3, -0.25) is 4.79 Å². The van der Waals surface area contributed by atoms with Gasteiger partial charge in [-0.15, -0.1) is 21.5 Å². The molecule has 2 heterocycles. The van der Waals surface area contributed by atoms with Gasteiger partial charge < -0.3 is 19.4 Å². The Morgan fingerprint density at radius 2 is 2.00 bits per heavy atom. The maximum absolute atomic E-state index is 12.7. The molecule has 1 aliphatic carbocycles. The van der Waals surface area contributed by atoms with Gasteiger partial charge in [0.1, 0.15) is 11.5 Å². The Morgan fingerprint density at radius 1 is 1.21 bits per heavy atom. The highest BCUT2D eigenvalue weighted by Crippen LogP contribution is 2.38. The predicted molar refractivity (Wildman–Crippen MR) is 134 cm³/mol. The number of amides is 1. The highest BCUT2D eigenvalue weighted by atomic mass is 35.5. The van der Waals surface area contributed by atoms with E-state index < -0.39 is 0 Å². The Kier molecular flexibility index (Phi) is 7.82. The fourth-order valence-corrected chi connectivity index (χ4v) is 6.10. The number of anilines is 1. The first kappa shape index (κ1) is 23.9. The van der Waals surface area contributed by atoms with Crippen molar-refractivity contribution in [2.24, 2.45) is 0 Å². The van der Waals surface area contributed by atoms with Gasteiger partial charge in [0.15, 0.2) is 11.0 Å². The number of carbonyl (C=O) groups is 1. The summed E-state index contributed by atoms with van der Waals surface area (Å²) >= 11 is 9.36. The molecule has 1 aromatic carbocycles. The average molecular weight is 507 g/mol. The monoisotopic (exact) mass is 506 g/mol. The standard InChI is InChI=1S/C23H27ClN4O3S2/c1-4-9-28-22(15-12-32-20-8-6-5-7-14(15)20)26-27-23(28)33-13-21(29)25-17-11-18(30-2)16(24)10-19(17)31-3/h10-12H,4-9,13H2,1-3H3,(H,25,29). The lowest BCUT2D eigenvalue weighted by atomic mass is 9.95. The van der Waals surface area contributed by atoms with Crippen molar-refractivity contribution in [2.75, 3.05) is 25.3 Å². The van der Waals surface area contributed by atoms with E-state index in [0.29, 0.717) is 22.2 Å². The number of carbonyl (C=O) groups excluding carboxylic acids is 1. The van der Waals surface area contributed by atoms with Gasteiger partial charge >= 0.3 is 0 Å². The molecule has 10 heteroatoms. The van der Waals surface area contributed by atoms with Crippen LogP contribution in [0.25, 0.3) is 11.4 Å². The minimum atomic E-state index is -0.178. The van der Waals surface area contributed by atoms with Crippen LogP contribution in [-0.2, 0) is 24.2 Å². The van der Waals surface area contributed by atoms with Gasteiger partial charge in [0.25, 0.3) is 0 Å². The van der Waals surface area contributed by atoms with Crippen LogP contribution in [0.1, 0.15) is 36.6 Å². The number of hydrogen-bond acceptors (Lipinski definition) is 7. The van der Waals surface area contributed by atoms with Crippen LogP contribution in [0.2, 0.25) is 5.02 Å². The lowest BCUT2D eigenvalue weighted by molar-refractivity contribution is -0.113. The molecule has 2 aromatic heterocycles. The number of methoxy groups -OCH3 is 2. The van der Waals surface area contributed by atoms with Crippen molar-refractivity contribution in [3.63, 3.8) is 0 Å². The zero-order valence-corrected chi connectivity index (χ0v) is 21.3. The van der Waals surface area contributed by atoms with Gasteiger partial charge in [-0.25, -0.2) is 0 Å². The van der Waals surface area contributed by atoms with Crippen LogP contribution >= 0.6 is 34.7 Å². The van der Waals surface area contributed by atoms with Crippen molar-refractivity contribution in [1.29, 1.82) is 0 Å². The van der Waals surface area contributed by atoms with E-state index in [1.165, 1.54) is 54.8 Å². The normalized spacial score (nSPS) is 13.0. The van der Waals surface area contributed by atoms with E-state index >= 15 is 0 Å². The van der Waals surface area contributed by atoms with Crippen LogP contribution in [-0.4, -0.2) is 40.6 Å². The Morgan fingerprint density at radius 3 is 2.76 bits per heavy atom. The van der Waals surface area contributed by atoms with Crippen LogP contribution < -0.4 is 14.8 Å². The fourth-order valence-electron chi connectivity index (χ4n) is 3.98. The minimum Gasteiger partial charge on any atom is -0.495 e. The van der Waals surface area contributed by atoms with Gasteiger partial charge in [-0.1, -0.05) is 30.3 Å². The number of nitrogens with zero attached hydrogens (tertiary/aromatic N) is 3. The van der Waals surface area contributed by atoms with Gasteiger partial charge in [0.2, 0.25) is 5.91 Å². The van der Waals surface area contributed by atoms with Crippen molar-refractivity contribution >= 4 is 46.3 Å². The molecule has 0 bridgehead atoms. The Balaban J connectivity index is 1.50. The van der Waals surface area contributed by atoms with Crippen molar-refractivity contribution in [1.82, 2.24) is 14.8 Å². The highest BCUT2D eigenvalue weighted by Gasteiger charge is 2.22. The molecule has 0 radical (unpaired) electrons. The number of halogens is 1. The van der Waals surface area contributed by atoms with E-state index in [1.807, 2.05) is 11.3 Å². The molecule has 1 amide bonds. The molecule has 3 aromatic rings. The molecule has 0 fully saturated rings. The van der Waals surface area contributed by atoms with E-state index in [1.54, 1.807) is 12.1 Å². The first-order valence-electron chi connectivity index (χ1n) is 10.9. The minimum absolute atomic E-state index is 0.178. The number of aryl methyl sites for hydroxylation is 1. The number of thiophene rings is 1. The van der Waals surface area contributed by atoms with Crippen molar-refractivity contribution < 1.29 is 14.3 Å². The molecule has 33 heavy (non-hydrogen) atoms. The lowest BCUT2D eigenvalue weighted by Crippen LogP contribution is -2.15. The average Bonchev–Trinajstić information content (AvgIpc) is 3.42. The molecule has 0 saturated heterocycles. The maximum atomic E-state index is 12.7. The summed E-state index contributed by atoms with van der Waals surface area (Å²) in [6.45, 7) is 2.94. The summed E-state index contributed by atoms with van der Waals surface area (Å²) in [4.78, 5) is 14.2. The number of rotatable bonds is 9. The molecule has 176 valence electrons. The van der Waals surface area contributed by atoms with Crippen LogP contribution in [0.5, 0.6) is 11.5 Å². The first-order chi connectivity index (χ1) is 16.0. The smallest absolute Gasteiger partial charge is 0.234 e. The summed E-state index contributed by atoms with van der Waals surface area (Å²) in [5, 5.41) is 15.2. The van der Waals surface area contributed by atoms with Gasteiger partial charge in [-0.2, -0.15) is 0 Å². The van der Waals surface area contributed by atoms with Gasteiger partial charge in [-0.05, 0) is 37.7 Å². The zero-order chi connectivity index (χ0) is 23.4. The van der Waals surface area contributed by atoms with E-state index in [0.717, 1.165) is 36.8 Å². The van der Waals surface area contributed by atoms with Crippen LogP contribution in [0, 0.1) is 0 Å². The van der Waals surface area contributed by atoms with E-state index in [9.17, 15) is 4.79 Å². The third kappa shape index (κ3) is 5.15. The lowest BCUT2D eigenvalue weighted by Gasteiger charge is -2.14. The van der Waals surface area contributed by atoms with E-state index in [4.69, 9.17) is 21.1 Å². The predicted octanol–water partition coefficient (Wildman–Crippen LogP) is 5.70. The molecule has 7 nitrogen and oxygen atoms in total. The molecule has 0 spiro atoms. The second-order valence-electron chi connectivity index (χ2n) is 7.74. The quantitative estimate of drug-likeness (QED) is 0.375. The number of thioether (sulfide) groups is 1. The second kappa shape index (κ2) is 10.8. The number of hydrogen-bond donors (Lipinski definition) is 1. The summed E-state index contributed by atoms with van der Waals surface area (Å²) in [7, 11) is 3.05. The number of ether oxygens (including phenoxy) is 2. The third-order valence-electron chi connectivity index (χ3n) is 5.55. The van der Waals surface area contributed by atoms with Gasteiger partial charge in [0, 0.05) is 34.5 Å². The highest BCUT2D eigenvalue weighted by molar-refractivity contribution is 7.99. The summed E-state index contributed by atoms with van der Waals surface area (Å²) in [6, 6.07) is 3.27. The van der Waals surface area contributed by atoms with Crippen molar-refractivity contribution in [3.8, 4) is 22.9 Å². The zero-order valence-electron chi connectivity index (χ0n) is 18.9. The topological polar surface area (TPSA) is 78.3 Å². The Bertz CT molecular complexity index is 1150. The molecule has 0 unspecified atom stereocenters. The molecule has 0 atom stereocenters.